The number of aldehydes is 1. The molecule has 5 aliphatic carbocycles. The van der Waals surface area contributed by atoms with Gasteiger partial charge in [-0.25, -0.2) is 18.6 Å². The maximum Gasteiger partial charge on any atom is 0.446 e. The maximum atomic E-state index is 12.9. The lowest BCUT2D eigenvalue weighted by Crippen LogP contribution is -2.52. The number of carbonyl (C=O) groups excluding carboxylic acids is 9. The van der Waals surface area contributed by atoms with E-state index < -0.39 is 27.7 Å². The number of likely N-dealkylation sites (N-methyl/N-ethyl adjacent to an activating group) is 3. The topological polar surface area (TPSA) is 312 Å². The van der Waals surface area contributed by atoms with Gasteiger partial charge >= 0.3 is 24.1 Å². The number of Topliss-reactive ketones (excluding diaryl/α,β-unsaturated/α-hetero) is 2. The number of halogens is 7. The van der Waals surface area contributed by atoms with E-state index in [-0.39, 0.29) is 122 Å². The van der Waals surface area contributed by atoms with Gasteiger partial charge in [-0.3, -0.25) is 48.8 Å². The number of ketones is 2. The molecule has 0 radical (unpaired) electrons. The van der Waals surface area contributed by atoms with Gasteiger partial charge in [0.05, 0.1) is 35.8 Å². The van der Waals surface area contributed by atoms with Crippen LogP contribution in [0.15, 0.2) is 72.8 Å². The number of esters is 3. The lowest BCUT2D eigenvalue weighted by Gasteiger charge is -2.34. The largest absolute Gasteiger partial charge is 0.489 e. The number of ether oxygens (including phenoxy) is 7. The van der Waals surface area contributed by atoms with E-state index in [4.69, 9.17) is 65.2 Å². The predicted octanol–water partition coefficient (Wildman–Crippen LogP) is 14.4. The predicted molar refractivity (Wildman–Crippen MR) is 443 cm³/mol. The third-order valence-electron chi connectivity index (χ3n) is 22.6. The van der Waals surface area contributed by atoms with Crippen LogP contribution in [-0.4, -0.2) is 190 Å². The van der Waals surface area contributed by atoms with Gasteiger partial charge in [-0.05, 0) is 218 Å². The number of carbonyl (C=O) groups is 9. The molecule has 24 nitrogen and oxygen atoms in total. The van der Waals surface area contributed by atoms with Crippen molar-refractivity contribution >= 4 is 108 Å². The van der Waals surface area contributed by atoms with Gasteiger partial charge < -0.3 is 49.5 Å². The normalized spacial score (nSPS) is 25.3. The smallest absolute Gasteiger partial charge is 0.446 e. The average Bonchev–Trinajstić information content (AvgIpc) is 1.63. The van der Waals surface area contributed by atoms with Crippen LogP contribution in [-0.2, 0) is 73.0 Å². The highest BCUT2D eigenvalue weighted by Gasteiger charge is 2.44. The molecule has 32 heteroatoms. The Balaban J connectivity index is 0.000000257. The second-order valence-electron chi connectivity index (χ2n) is 29.9. The van der Waals surface area contributed by atoms with Crippen molar-refractivity contribution in [1.82, 2.24) is 24.9 Å². The molecule has 0 bridgehead atoms. The monoisotopic (exact) mass is 1730 g/mol. The molecule has 116 heavy (non-hydrogen) atoms. The summed E-state index contributed by atoms with van der Waals surface area (Å²) in [6.45, 7) is 31.7. The molecule has 0 aromatic heterocycles. The van der Waals surface area contributed by atoms with Gasteiger partial charge in [0, 0.05) is 87.5 Å². The molecule has 4 aromatic carbocycles. The molecule has 14 atom stereocenters. The fraction of sp³-hybridized carbons (Fsp3) is 0.607. The molecule has 2 unspecified atom stereocenters. The summed E-state index contributed by atoms with van der Waals surface area (Å²) >= 11 is 6.04. The van der Waals surface area contributed by atoms with Crippen molar-refractivity contribution in [2.75, 3.05) is 45.9 Å². The molecule has 6 fully saturated rings. The Hall–Kier alpha value is -6.99. The number of cyclic esters (lactones) is 2. The van der Waals surface area contributed by atoms with E-state index in [0.29, 0.717) is 110 Å². The second kappa shape index (κ2) is 47.7. The van der Waals surface area contributed by atoms with Gasteiger partial charge in [-0.15, -0.1) is 24.0 Å². The van der Waals surface area contributed by atoms with Gasteiger partial charge in [0.25, 0.3) is 5.91 Å². The van der Waals surface area contributed by atoms with Crippen molar-refractivity contribution < 1.29 is 93.7 Å². The molecule has 9 aliphatic rings. The Morgan fingerprint density at radius 1 is 0.586 bits per heavy atom. The van der Waals surface area contributed by atoms with Crippen LogP contribution >= 0.6 is 45.4 Å². The summed E-state index contributed by atoms with van der Waals surface area (Å²) in [4.78, 5) is 110. The molecule has 646 valence electrons. The van der Waals surface area contributed by atoms with E-state index in [1.165, 1.54) is 12.8 Å². The third kappa shape index (κ3) is 27.5. The van der Waals surface area contributed by atoms with Gasteiger partial charge in [0.15, 0.2) is 5.78 Å². The number of nitrogens with two attached hydrogens (primary N) is 2. The highest BCUT2D eigenvalue weighted by Crippen LogP contribution is 2.39. The number of alkyl halides is 4. The molecule has 5 N–H and O–H groups in total. The summed E-state index contributed by atoms with van der Waals surface area (Å²) in [5, 5.41) is 2.34. The van der Waals surface area contributed by atoms with Crippen LogP contribution < -0.4 is 35.7 Å². The van der Waals surface area contributed by atoms with Gasteiger partial charge in [-0.2, -0.15) is 13.2 Å². The summed E-state index contributed by atoms with van der Waals surface area (Å²) in [5.74, 6) is 4.14. The van der Waals surface area contributed by atoms with Gasteiger partial charge in [0.2, 0.25) is 27.3 Å². The summed E-state index contributed by atoms with van der Waals surface area (Å²) in [5.41, 5.74) is 17.4. The van der Waals surface area contributed by atoms with Crippen molar-refractivity contribution in [2.24, 2.45) is 35.1 Å². The standard InChI is InChI=1S/C23H31N3O4.C20H30ClNO3.C18H25NO3.C14H17NO3.C6H9NO2.C2HF3O.CH4.Cl2OS.ClH/c1-4-25(5-2)21-14(3)6-10-19(21)30-16-7-8-17-15(12-16)13-26(23(17)29)18-9-11-20(27)24-22(18)28;1-5-22(6-2)19-14(4)8-11-18(19)25-16-9-10-17(15(12-16)13-21)20(23)24-7-3;1-4-19(5-2)17-12(3)6-9-16(17)22-14-7-8-15-13(10-14)11-21-18(15)20;1-8-2-5-12(13(8)15)18-10-3-4-11-9(6-10)7-17-14(11)16;7-5-2-1-4(8)3-6(5)9;3-2(4,5)1-6;;1-4(2)3;/h7-8,12,14,18-19,21H,4-6,9-11,13H2,1-3H3,(H,24,27,28);9-10,12,14,18-19H,5-8,11,13H2,1-4H3;7-8,10,12,16-17H,4-6,9,11H2,1-3H3;3-4,6,8,12-13H,2,5,7,15H2,1H3;5H,1-3,7H2;1H;1H4;;1H/t14-,18?,19+,21+;14-,18-,19-;12-,16-,17-;8-,12-,13-;;;;;/m0000...../s1. The summed E-state index contributed by atoms with van der Waals surface area (Å²) in [6, 6.07) is 22.7. The second-order valence-corrected chi connectivity index (χ2v) is 32.7. The van der Waals surface area contributed by atoms with Crippen LogP contribution in [0.1, 0.15) is 231 Å². The van der Waals surface area contributed by atoms with Crippen LogP contribution in [0.3, 0.4) is 0 Å². The highest BCUT2D eigenvalue weighted by atomic mass is 36.0. The lowest BCUT2D eigenvalue weighted by atomic mass is 9.94. The van der Waals surface area contributed by atoms with Crippen LogP contribution in [0.4, 0.5) is 13.2 Å². The summed E-state index contributed by atoms with van der Waals surface area (Å²) in [7, 11) is 7.36. The molecule has 3 amide bonds. The molecule has 0 spiro atoms. The number of rotatable bonds is 21. The molecular weight excluding hydrogens is 1610 g/mol. The minimum Gasteiger partial charge on any atom is -0.489 e. The number of hydrogen-bond acceptors (Lipinski definition) is 22. The zero-order valence-corrected chi connectivity index (χ0v) is 71.4. The first-order valence-corrected chi connectivity index (χ1v) is 43.0. The van der Waals surface area contributed by atoms with Crippen LogP contribution in [0.5, 0.6) is 23.0 Å². The van der Waals surface area contributed by atoms with E-state index in [1.807, 2.05) is 60.7 Å². The Morgan fingerprint density at radius 3 is 1.36 bits per heavy atom. The van der Waals surface area contributed by atoms with Crippen molar-refractivity contribution in [3.63, 3.8) is 0 Å². The first-order chi connectivity index (χ1) is 54.2. The Morgan fingerprint density at radius 2 is 0.983 bits per heavy atom. The number of piperidine rings is 1. The zero-order valence-electron chi connectivity index (χ0n) is 67.5. The highest BCUT2D eigenvalue weighted by molar-refractivity contribution is 8.26. The van der Waals surface area contributed by atoms with Crippen molar-refractivity contribution in [3.05, 3.63) is 117 Å². The first-order valence-electron chi connectivity index (χ1n) is 39.7. The number of benzene rings is 4. The molecular formula is C84H118Cl4F3N7O17S. The number of imide groups is 1. The molecule has 5 saturated carbocycles. The SMILES string of the molecule is C.CCN(CC)[C@@H]1[C@@H](C)CC[C@H]1Oc1ccc2c(c1)CN(C1CCC(=O)NC1=O)C2=O.CCN(CC)[C@@H]1[C@@H](Oc2ccc3c(c2)COC3=O)CC[C@@H]1C.CCOC(=O)c1ccc(O[C@H]2CC[C@H](C)[C@@H]2N(CC)CC)cc1CCl.C[C@H]1CC[C@H](Oc2ccc3c(c2)COC3=O)[C@H]1N.Cl.NC1CCC(=O)CC1=O.O=CC(F)(F)F.O=S(Cl)Cl. The molecule has 13 rings (SSSR count). The average molecular weight is 1730 g/mol. The Labute approximate surface area is 703 Å². The minimum absolute atomic E-state index is 0. The van der Waals surface area contributed by atoms with E-state index >= 15 is 0 Å². The quantitative estimate of drug-likeness (QED) is 0.0133. The molecule has 4 aliphatic heterocycles. The van der Waals surface area contributed by atoms with Crippen LogP contribution in [0.25, 0.3) is 0 Å². The van der Waals surface area contributed by atoms with E-state index in [2.05, 4.69) is 111 Å². The fourth-order valence-electron chi connectivity index (χ4n) is 16.6. The van der Waals surface area contributed by atoms with Crippen molar-refractivity contribution in [2.45, 2.75) is 260 Å². The van der Waals surface area contributed by atoms with E-state index in [0.717, 1.165) is 123 Å². The fourth-order valence-corrected chi connectivity index (χ4v) is 16.8. The minimum atomic E-state index is -4.64. The summed E-state index contributed by atoms with van der Waals surface area (Å²) in [6.07, 6.45) is 5.44. The molecule has 4 aromatic rings. The number of hydrogen-bond donors (Lipinski definition) is 3. The number of fused-ring (bicyclic) bond motifs is 3. The number of nitrogens with one attached hydrogen (secondary N) is 1. The van der Waals surface area contributed by atoms with Gasteiger partial charge in [0.1, 0.15) is 72.5 Å². The number of amides is 3. The van der Waals surface area contributed by atoms with Crippen molar-refractivity contribution in [1.29, 1.82) is 0 Å². The zero-order chi connectivity index (χ0) is 83.8. The van der Waals surface area contributed by atoms with Gasteiger partial charge in [-0.1, -0.05) is 76.7 Å². The van der Waals surface area contributed by atoms with Crippen LogP contribution in [0.2, 0.25) is 0 Å². The molecule has 1 saturated heterocycles. The van der Waals surface area contributed by atoms with Crippen molar-refractivity contribution in [3.8, 4) is 23.0 Å². The Kier molecular flexibility index (Phi) is 41.0. The molecule has 4 heterocycles. The maximum absolute atomic E-state index is 12.9. The first kappa shape index (κ1) is 99.6. The third-order valence-corrected chi connectivity index (χ3v) is 22.9. The summed E-state index contributed by atoms with van der Waals surface area (Å²) < 4.78 is 80.4. The Bertz CT molecular complexity index is 3970. The lowest BCUT2D eigenvalue weighted by molar-refractivity contribution is -0.156. The van der Waals surface area contributed by atoms with E-state index in [9.17, 15) is 51.5 Å². The van der Waals surface area contributed by atoms with Crippen LogP contribution in [0, 0.1) is 23.7 Å². The van der Waals surface area contributed by atoms with E-state index in [1.54, 1.807) is 24.0 Å². The number of nitrogens with zero attached hydrogens (tertiary/aromatic N) is 4.